The second kappa shape index (κ2) is 4.09. The molecule has 17 heavy (non-hydrogen) atoms. The van der Waals surface area contributed by atoms with Crippen LogP contribution in [0.3, 0.4) is 0 Å². The van der Waals surface area contributed by atoms with Gasteiger partial charge in [0.05, 0.1) is 13.2 Å². The van der Waals surface area contributed by atoms with Crippen LogP contribution in [0.25, 0.3) is 10.4 Å². The minimum atomic E-state index is -1.35. The molecule has 2 fully saturated rings. The maximum atomic E-state index is 9.32. The van der Waals surface area contributed by atoms with Crippen molar-refractivity contribution in [3.8, 4) is 0 Å². The molecular formula is C9H15N3O5. The van der Waals surface area contributed by atoms with E-state index in [4.69, 9.17) is 19.7 Å². The summed E-state index contributed by atoms with van der Waals surface area (Å²) in [7, 11) is 0. The van der Waals surface area contributed by atoms with Crippen molar-refractivity contribution in [3.05, 3.63) is 10.4 Å². The zero-order valence-corrected chi connectivity index (χ0v) is 9.61. The van der Waals surface area contributed by atoms with Crippen molar-refractivity contribution in [1.82, 2.24) is 0 Å². The van der Waals surface area contributed by atoms with E-state index in [0.717, 1.165) is 0 Å². The molecule has 2 N–H and O–H groups in total. The quantitative estimate of drug-likeness (QED) is 0.409. The first-order chi connectivity index (χ1) is 7.98. The van der Waals surface area contributed by atoms with Crippen LogP contribution in [-0.2, 0) is 14.2 Å². The Bertz CT molecular complexity index is 351. The summed E-state index contributed by atoms with van der Waals surface area (Å²) in [5.74, 6) is -0.838. The van der Waals surface area contributed by atoms with E-state index < -0.39 is 43.0 Å². The Balaban J connectivity index is 2.30. The number of aliphatic hydroxyl groups is 2. The summed E-state index contributed by atoms with van der Waals surface area (Å²) in [4.78, 5) is 2.70. The molecule has 0 amide bonds. The Morgan fingerprint density at radius 2 is 1.88 bits per heavy atom. The number of hydrogen-bond donors (Lipinski definition) is 2. The highest BCUT2D eigenvalue weighted by atomic mass is 16.8. The maximum absolute atomic E-state index is 9.32. The van der Waals surface area contributed by atoms with E-state index in [1.54, 1.807) is 13.8 Å². The molecule has 2 heterocycles. The van der Waals surface area contributed by atoms with Gasteiger partial charge in [-0.1, -0.05) is 5.11 Å². The van der Waals surface area contributed by atoms with E-state index in [1.165, 1.54) is 0 Å². The van der Waals surface area contributed by atoms with Gasteiger partial charge in [0.1, 0.15) is 17.7 Å². The summed E-state index contributed by atoms with van der Waals surface area (Å²) in [5.41, 5.74) is 7.19. The number of hydrogen-bond acceptors (Lipinski definition) is 6. The molecule has 3 atom stereocenters. The minimum Gasteiger partial charge on any atom is -0.393 e. The van der Waals surface area contributed by atoms with Gasteiger partial charge in [0, 0.05) is 4.91 Å². The molecule has 0 bridgehead atoms. The molecule has 0 aromatic carbocycles. The fraction of sp³-hybridized carbons (Fsp3) is 1.00. The molecule has 0 spiro atoms. The monoisotopic (exact) mass is 245 g/mol. The third-order valence-corrected chi connectivity index (χ3v) is 3.00. The average Bonchev–Trinajstić information content (AvgIpc) is 2.71. The van der Waals surface area contributed by atoms with Crippen LogP contribution < -0.4 is 0 Å². The zero-order valence-electron chi connectivity index (χ0n) is 9.61. The molecule has 0 saturated carbocycles. The van der Waals surface area contributed by atoms with E-state index in [2.05, 4.69) is 10.0 Å². The fourth-order valence-electron chi connectivity index (χ4n) is 2.20. The normalized spacial score (nSPS) is 37.5. The third kappa shape index (κ3) is 1.89. The number of aliphatic hydroxyl groups excluding tert-OH is 2. The zero-order chi connectivity index (χ0) is 12.7. The number of nitrogens with zero attached hydrogens (tertiary/aromatic N) is 3. The summed E-state index contributed by atoms with van der Waals surface area (Å²) in [6.07, 6.45) is -1.38. The topological polar surface area (TPSA) is 117 Å². The van der Waals surface area contributed by atoms with E-state index in [9.17, 15) is 10.2 Å². The number of azide groups is 1. The third-order valence-electron chi connectivity index (χ3n) is 3.00. The SMILES string of the molecule is CC1(C)O[C@@H]2OC(CO)(CO)C(N=[N+]=[N-])[C@@H]2O1. The van der Waals surface area contributed by atoms with Crippen LogP contribution in [-0.4, -0.2) is 53.3 Å². The average molecular weight is 245 g/mol. The van der Waals surface area contributed by atoms with E-state index in [0.29, 0.717) is 0 Å². The molecule has 0 aromatic heterocycles. The van der Waals surface area contributed by atoms with Gasteiger partial charge in [0.15, 0.2) is 12.1 Å². The van der Waals surface area contributed by atoms with E-state index in [1.807, 2.05) is 0 Å². The summed E-state index contributed by atoms with van der Waals surface area (Å²) >= 11 is 0. The Morgan fingerprint density at radius 1 is 1.24 bits per heavy atom. The smallest absolute Gasteiger partial charge is 0.188 e. The van der Waals surface area contributed by atoms with Gasteiger partial charge in [0.2, 0.25) is 0 Å². The fourth-order valence-corrected chi connectivity index (χ4v) is 2.20. The van der Waals surface area contributed by atoms with Crippen LogP contribution in [0.4, 0.5) is 0 Å². The van der Waals surface area contributed by atoms with Gasteiger partial charge >= 0.3 is 0 Å². The maximum Gasteiger partial charge on any atom is 0.188 e. The van der Waals surface area contributed by atoms with Crippen molar-refractivity contribution >= 4 is 0 Å². The Kier molecular flexibility index (Phi) is 3.03. The van der Waals surface area contributed by atoms with Crippen molar-refractivity contribution in [3.63, 3.8) is 0 Å². The Labute approximate surface area is 97.7 Å². The van der Waals surface area contributed by atoms with Crippen LogP contribution in [0.1, 0.15) is 13.8 Å². The van der Waals surface area contributed by atoms with Gasteiger partial charge in [-0.05, 0) is 19.4 Å². The molecule has 2 aliphatic rings. The van der Waals surface area contributed by atoms with Gasteiger partial charge in [-0.2, -0.15) is 0 Å². The lowest BCUT2D eigenvalue weighted by molar-refractivity contribution is -0.239. The highest BCUT2D eigenvalue weighted by Gasteiger charge is 2.61. The first kappa shape index (κ1) is 12.6. The van der Waals surface area contributed by atoms with Crippen LogP contribution in [0.2, 0.25) is 0 Å². The van der Waals surface area contributed by atoms with Crippen molar-refractivity contribution in [1.29, 1.82) is 0 Å². The van der Waals surface area contributed by atoms with Gasteiger partial charge in [-0.3, -0.25) is 0 Å². The molecular weight excluding hydrogens is 230 g/mol. The first-order valence-corrected chi connectivity index (χ1v) is 5.27. The lowest BCUT2D eigenvalue weighted by Crippen LogP contribution is -2.49. The van der Waals surface area contributed by atoms with Crippen molar-refractivity contribution in [2.45, 2.75) is 43.7 Å². The van der Waals surface area contributed by atoms with E-state index >= 15 is 0 Å². The lowest BCUT2D eigenvalue weighted by Gasteiger charge is -2.31. The van der Waals surface area contributed by atoms with Gasteiger partial charge in [0.25, 0.3) is 0 Å². The molecule has 8 heteroatoms. The van der Waals surface area contributed by atoms with Crippen LogP contribution in [0, 0.1) is 0 Å². The van der Waals surface area contributed by atoms with Crippen LogP contribution >= 0.6 is 0 Å². The summed E-state index contributed by atoms with van der Waals surface area (Å²) in [6.45, 7) is 2.46. The molecule has 8 nitrogen and oxygen atoms in total. The molecule has 2 rings (SSSR count). The number of rotatable bonds is 3. The lowest BCUT2D eigenvalue weighted by atomic mass is 9.95. The molecule has 0 aliphatic carbocycles. The van der Waals surface area contributed by atoms with Crippen molar-refractivity contribution in [2.24, 2.45) is 5.11 Å². The highest BCUT2D eigenvalue weighted by molar-refractivity contribution is 5.07. The molecule has 96 valence electrons. The minimum absolute atomic E-state index is 0.479. The molecule has 2 saturated heterocycles. The number of ether oxygens (including phenoxy) is 3. The van der Waals surface area contributed by atoms with Gasteiger partial charge in [-0.15, -0.1) is 0 Å². The van der Waals surface area contributed by atoms with E-state index in [-0.39, 0.29) is 0 Å². The summed E-state index contributed by atoms with van der Waals surface area (Å²) in [6, 6.07) is -0.825. The number of fused-ring (bicyclic) bond motifs is 1. The predicted octanol–water partition coefficient (Wildman–Crippen LogP) is -0.104. The molecule has 2 aliphatic heterocycles. The first-order valence-electron chi connectivity index (χ1n) is 5.27. The second-order valence-corrected chi connectivity index (χ2v) is 4.62. The Hall–Kier alpha value is -0.890. The van der Waals surface area contributed by atoms with Crippen LogP contribution in [0.5, 0.6) is 0 Å². The Morgan fingerprint density at radius 3 is 2.41 bits per heavy atom. The molecule has 1 unspecified atom stereocenters. The molecule has 0 radical (unpaired) electrons. The second-order valence-electron chi connectivity index (χ2n) is 4.62. The largest absolute Gasteiger partial charge is 0.393 e. The van der Waals surface area contributed by atoms with Crippen molar-refractivity contribution in [2.75, 3.05) is 13.2 Å². The predicted molar refractivity (Wildman–Crippen MR) is 54.7 cm³/mol. The summed E-state index contributed by atoms with van der Waals surface area (Å²) < 4.78 is 16.5. The van der Waals surface area contributed by atoms with Gasteiger partial charge < -0.3 is 24.4 Å². The molecule has 0 aromatic rings. The van der Waals surface area contributed by atoms with Crippen molar-refractivity contribution < 1.29 is 24.4 Å². The summed E-state index contributed by atoms with van der Waals surface area (Å²) in [5, 5.41) is 22.2. The standard InChI is InChI=1S/C9H15N3O5/c1-8(2)15-5-6(11-12-10)9(3-13,4-14)17-7(5)16-8/h5-7,13-14H,3-4H2,1-2H3/t5-,6?,7+/m0/s1. The highest BCUT2D eigenvalue weighted by Crippen LogP contribution is 2.43. The van der Waals surface area contributed by atoms with Gasteiger partial charge in [-0.25, -0.2) is 0 Å². The van der Waals surface area contributed by atoms with Crippen LogP contribution in [0.15, 0.2) is 5.11 Å².